The van der Waals surface area contributed by atoms with Gasteiger partial charge in [0.25, 0.3) is 5.91 Å². The van der Waals surface area contributed by atoms with Crippen molar-refractivity contribution in [3.05, 3.63) is 108 Å². The average molecular weight is 383 g/mol. The number of phenols is 1. The molecule has 0 aliphatic rings. The molecule has 0 aliphatic carbocycles. The first-order chi connectivity index (χ1) is 14.2. The monoisotopic (exact) mass is 383 g/mol. The number of ether oxygens (including phenoxy) is 1. The van der Waals surface area contributed by atoms with E-state index in [1.165, 1.54) is 0 Å². The highest BCUT2D eigenvalue weighted by Crippen LogP contribution is 2.36. The smallest absolute Gasteiger partial charge is 0.252 e. The second kappa shape index (κ2) is 8.07. The second-order valence-electron chi connectivity index (χ2n) is 6.77. The highest BCUT2D eigenvalue weighted by molar-refractivity contribution is 5.96. The van der Waals surface area contributed by atoms with Gasteiger partial charge in [-0.2, -0.15) is 0 Å². The van der Waals surface area contributed by atoms with Crippen LogP contribution in [0.3, 0.4) is 0 Å². The fraction of sp³-hybridized carbons (Fsp3) is 0.0800. The molecule has 4 heteroatoms. The number of carbonyl (C=O) groups is 1. The summed E-state index contributed by atoms with van der Waals surface area (Å²) in [5.74, 6) is 0.594. The van der Waals surface area contributed by atoms with Crippen LogP contribution >= 0.6 is 0 Å². The first-order valence-electron chi connectivity index (χ1n) is 9.38. The molecule has 1 unspecified atom stereocenters. The molecule has 4 aromatic carbocycles. The van der Waals surface area contributed by atoms with Gasteiger partial charge < -0.3 is 15.2 Å². The molecule has 1 amide bonds. The van der Waals surface area contributed by atoms with E-state index >= 15 is 0 Å². The minimum atomic E-state index is -0.552. The Morgan fingerprint density at radius 3 is 2.45 bits per heavy atom. The van der Waals surface area contributed by atoms with Crippen LogP contribution in [-0.4, -0.2) is 18.1 Å². The number of nitrogens with one attached hydrogen (secondary N) is 1. The van der Waals surface area contributed by atoms with Gasteiger partial charge in [0.15, 0.2) is 0 Å². The molecule has 0 saturated carbocycles. The Kier molecular flexibility index (Phi) is 5.16. The maximum atomic E-state index is 13.0. The maximum absolute atomic E-state index is 13.0. The van der Waals surface area contributed by atoms with Gasteiger partial charge in [0, 0.05) is 11.1 Å². The van der Waals surface area contributed by atoms with Crippen LogP contribution < -0.4 is 10.1 Å². The molecule has 4 nitrogen and oxygen atoms in total. The van der Waals surface area contributed by atoms with E-state index in [1.807, 2.05) is 72.8 Å². The van der Waals surface area contributed by atoms with Crippen LogP contribution in [0, 0.1) is 0 Å². The molecule has 2 N–H and O–H groups in total. The van der Waals surface area contributed by atoms with Gasteiger partial charge in [-0.05, 0) is 46.7 Å². The number of methoxy groups -OCH3 is 1. The molecular formula is C25H21NO3. The molecular weight excluding hydrogens is 362 g/mol. The number of hydrogen-bond donors (Lipinski definition) is 2. The molecule has 0 heterocycles. The Morgan fingerprint density at radius 1 is 0.897 bits per heavy atom. The van der Waals surface area contributed by atoms with E-state index in [9.17, 15) is 9.90 Å². The predicted octanol–water partition coefficient (Wildman–Crippen LogP) is 5.07. The summed E-state index contributed by atoms with van der Waals surface area (Å²) in [5.41, 5.74) is 2.03. The summed E-state index contributed by atoms with van der Waals surface area (Å²) < 4.78 is 5.37. The highest BCUT2D eigenvalue weighted by Gasteiger charge is 2.23. The number of fused-ring (bicyclic) bond motifs is 1. The molecule has 0 spiro atoms. The zero-order valence-corrected chi connectivity index (χ0v) is 16.0. The van der Waals surface area contributed by atoms with Crippen LogP contribution in [0.2, 0.25) is 0 Å². The van der Waals surface area contributed by atoms with Crippen molar-refractivity contribution in [1.29, 1.82) is 0 Å². The van der Waals surface area contributed by atoms with E-state index in [4.69, 9.17) is 4.74 Å². The van der Waals surface area contributed by atoms with E-state index in [1.54, 1.807) is 25.3 Å². The first kappa shape index (κ1) is 18.6. The van der Waals surface area contributed by atoms with Crippen LogP contribution in [0.5, 0.6) is 11.5 Å². The molecule has 0 fully saturated rings. The van der Waals surface area contributed by atoms with Crippen molar-refractivity contribution in [2.24, 2.45) is 0 Å². The van der Waals surface area contributed by atoms with Gasteiger partial charge in [-0.25, -0.2) is 0 Å². The Bertz CT molecular complexity index is 1160. The van der Waals surface area contributed by atoms with Crippen LogP contribution in [-0.2, 0) is 0 Å². The number of carbonyl (C=O) groups excluding carboxylic acids is 1. The number of amides is 1. The van der Waals surface area contributed by atoms with Gasteiger partial charge in [0.05, 0.1) is 13.2 Å². The van der Waals surface area contributed by atoms with Crippen molar-refractivity contribution in [1.82, 2.24) is 5.32 Å². The summed E-state index contributed by atoms with van der Waals surface area (Å²) in [6.45, 7) is 0. The number of phenolic OH excluding ortho intramolecular Hbond substituents is 1. The molecule has 4 rings (SSSR count). The van der Waals surface area contributed by atoms with Gasteiger partial charge in [-0.15, -0.1) is 0 Å². The van der Waals surface area contributed by atoms with Crippen LogP contribution in [0.4, 0.5) is 0 Å². The normalized spacial score (nSPS) is 11.8. The first-order valence-corrected chi connectivity index (χ1v) is 9.38. The summed E-state index contributed by atoms with van der Waals surface area (Å²) in [5, 5.41) is 15.7. The summed E-state index contributed by atoms with van der Waals surface area (Å²) in [7, 11) is 1.60. The number of aromatic hydroxyl groups is 1. The zero-order valence-electron chi connectivity index (χ0n) is 16.0. The minimum absolute atomic E-state index is 0.130. The Labute approximate surface area is 169 Å². The number of hydrogen-bond acceptors (Lipinski definition) is 3. The van der Waals surface area contributed by atoms with Crippen molar-refractivity contribution in [3.8, 4) is 11.5 Å². The van der Waals surface area contributed by atoms with E-state index in [2.05, 4.69) is 5.32 Å². The quantitative estimate of drug-likeness (QED) is 0.506. The van der Waals surface area contributed by atoms with Crippen molar-refractivity contribution in [2.45, 2.75) is 6.04 Å². The molecule has 29 heavy (non-hydrogen) atoms. The molecule has 0 bridgehead atoms. The van der Waals surface area contributed by atoms with E-state index in [-0.39, 0.29) is 11.7 Å². The zero-order chi connectivity index (χ0) is 20.2. The average Bonchev–Trinajstić information content (AvgIpc) is 2.78. The lowest BCUT2D eigenvalue weighted by Crippen LogP contribution is -2.29. The molecule has 144 valence electrons. The lowest BCUT2D eigenvalue weighted by atomic mass is 9.92. The highest BCUT2D eigenvalue weighted by atomic mass is 16.5. The largest absolute Gasteiger partial charge is 0.508 e. The van der Waals surface area contributed by atoms with Crippen molar-refractivity contribution in [2.75, 3.05) is 7.11 Å². The predicted molar refractivity (Wildman–Crippen MR) is 114 cm³/mol. The van der Waals surface area contributed by atoms with Crippen LogP contribution in [0.25, 0.3) is 10.8 Å². The SMILES string of the molecule is COc1cccc(C(NC(=O)c2ccccc2)c2c(O)ccc3ccccc23)c1. The lowest BCUT2D eigenvalue weighted by molar-refractivity contribution is 0.0943. The minimum Gasteiger partial charge on any atom is -0.508 e. The number of rotatable bonds is 5. The molecule has 0 radical (unpaired) electrons. The molecule has 1 atom stereocenters. The maximum Gasteiger partial charge on any atom is 0.252 e. The number of benzene rings is 4. The van der Waals surface area contributed by atoms with Gasteiger partial charge in [0.1, 0.15) is 11.5 Å². The Morgan fingerprint density at radius 2 is 1.66 bits per heavy atom. The van der Waals surface area contributed by atoms with Crippen LogP contribution in [0.15, 0.2) is 91.0 Å². The van der Waals surface area contributed by atoms with Crippen LogP contribution in [0.1, 0.15) is 27.5 Å². The van der Waals surface area contributed by atoms with Gasteiger partial charge in [-0.3, -0.25) is 4.79 Å². The standard InChI is InChI=1S/C25H21NO3/c1-29-20-12-7-11-19(16-20)24(26-25(28)18-9-3-2-4-10-18)23-21-13-6-5-8-17(21)14-15-22(23)27/h2-16,24,27H,1H3,(H,26,28). The fourth-order valence-corrected chi connectivity index (χ4v) is 3.53. The summed E-state index contributed by atoms with van der Waals surface area (Å²) in [6.07, 6.45) is 0. The summed E-state index contributed by atoms with van der Waals surface area (Å²) in [6, 6.07) is 27.4. The van der Waals surface area contributed by atoms with Crippen molar-refractivity contribution >= 4 is 16.7 Å². The molecule has 0 aliphatic heterocycles. The van der Waals surface area contributed by atoms with Gasteiger partial charge in [0.2, 0.25) is 0 Å². The van der Waals surface area contributed by atoms with E-state index in [0.29, 0.717) is 16.9 Å². The third-order valence-corrected chi connectivity index (χ3v) is 4.97. The molecule has 0 saturated heterocycles. The third-order valence-electron chi connectivity index (χ3n) is 4.97. The summed E-state index contributed by atoms with van der Waals surface area (Å²) >= 11 is 0. The topological polar surface area (TPSA) is 58.6 Å². The van der Waals surface area contributed by atoms with Crippen molar-refractivity contribution < 1.29 is 14.6 Å². The second-order valence-corrected chi connectivity index (χ2v) is 6.77. The molecule has 0 aromatic heterocycles. The van der Waals surface area contributed by atoms with Gasteiger partial charge in [-0.1, -0.05) is 60.7 Å². The third kappa shape index (κ3) is 3.78. The van der Waals surface area contributed by atoms with E-state index < -0.39 is 6.04 Å². The summed E-state index contributed by atoms with van der Waals surface area (Å²) in [4.78, 5) is 13.0. The Balaban J connectivity index is 1.87. The fourth-order valence-electron chi connectivity index (χ4n) is 3.53. The lowest BCUT2D eigenvalue weighted by Gasteiger charge is -2.23. The van der Waals surface area contributed by atoms with Gasteiger partial charge >= 0.3 is 0 Å². The van der Waals surface area contributed by atoms with Crippen molar-refractivity contribution in [3.63, 3.8) is 0 Å². The molecule has 4 aromatic rings. The Hall–Kier alpha value is -3.79. The van der Waals surface area contributed by atoms with E-state index in [0.717, 1.165) is 16.3 Å².